The summed E-state index contributed by atoms with van der Waals surface area (Å²) in [5, 5.41) is 8.88. The average molecular weight is 846 g/mol. The van der Waals surface area contributed by atoms with Gasteiger partial charge in [-0.3, -0.25) is 19.2 Å². The summed E-state index contributed by atoms with van der Waals surface area (Å²) in [5.74, 6) is -0.0175. The van der Waals surface area contributed by atoms with E-state index in [9.17, 15) is 9.59 Å². The fraction of sp³-hybridized carbons (Fsp3) is 0.922. The van der Waals surface area contributed by atoms with E-state index in [-0.39, 0.29) is 18.0 Å². The largest absolute Gasteiger partial charge is 0.466 e. The lowest BCUT2D eigenvalue weighted by Crippen LogP contribution is -2.30. The Morgan fingerprint density at radius 1 is 0.533 bits per heavy atom. The SMILES string of the molecule is CCCCCCCCCCCOC(=O)CCCCCN(CCCCCCCC(=O)OC(CCCCCCCC)CCCCCCCC)CCn1cc(CN(CC)CC)nn1. The third-order valence-electron chi connectivity index (χ3n) is 12.3. The molecule has 0 saturated heterocycles. The van der Waals surface area contributed by atoms with Crippen molar-refractivity contribution in [1.82, 2.24) is 24.8 Å². The van der Waals surface area contributed by atoms with Crippen LogP contribution in [0.15, 0.2) is 6.20 Å². The maximum atomic E-state index is 12.9. The van der Waals surface area contributed by atoms with Crippen LogP contribution >= 0.6 is 0 Å². The van der Waals surface area contributed by atoms with Gasteiger partial charge in [0.2, 0.25) is 0 Å². The zero-order chi connectivity index (χ0) is 43.6. The lowest BCUT2D eigenvalue weighted by molar-refractivity contribution is -0.150. The molecular formula is C51H99N5O4. The van der Waals surface area contributed by atoms with Crippen LogP contribution in [-0.4, -0.2) is 82.2 Å². The molecule has 0 aliphatic carbocycles. The zero-order valence-electron chi connectivity index (χ0n) is 40.5. The van der Waals surface area contributed by atoms with Crippen LogP contribution in [0.25, 0.3) is 0 Å². The molecule has 60 heavy (non-hydrogen) atoms. The lowest BCUT2D eigenvalue weighted by atomic mass is 10.0. The Morgan fingerprint density at radius 2 is 0.983 bits per heavy atom. The van der Waals surface area contributed by atoms with E-state index >= 15 is 0 Å². The van der Waals surface area contributed by atoms with Crippen LogP contribution < -0.4 is 0 Å². The first-order valence-electron chi connectivity index (χ1n) is 26.1. The highest BCUT2D eigenvalue weighted by atomic mass is 16.5. The number of carbonyl (C=O) groups excluding carboxylic acids is 2. The quantitative estimate of drug-likeness (QED) is 0.0473. The molecule has 0 fully saturated rings. The molecule has 1 rings (SSSR count). The summed E-state index contributed by atoms with van der Waals surface area (Å²) in [7, 11) is 0. The monoisotopic (exact) mass is 846 g/mol. The smallest absolute Gasteiger partial charge is 0.306 e. The van der Waals surface area contributed by atoms with E-state index < -0.39 is 0 Å². The molecule has 0 saturated carbocycles. The maximum absolute atomic E-state index is 12.9. The normalized spacial score (nSPS) is 11.7. The van der Waals surface area contributed by atoms with Crippen molar-refractivity contribution < 1.29 is 19.1 Å². The minimum Gasteiger partial charge on any atom is -0.466 e. The van der Waals surface area contributed by atoms with Crippen LogP contribution in [0.5, 0.6) is 0 Å². The second kappa shape index (κ2) is 42.3. The van der Waals surface area contributed by atoms with Crippen LogP contribution in [0.3, 0.4) is 0 Å². The predicted molar refractivity (Wildman–Crippen MR) is 253 cm³/mol. The molecule has 0 amide bonds. The molecule has 0 spiro atoms. The van der Waals surface area contributed by atoms with Crippen molar-refractivity contribution in [1.29, 1.82) is 0 Å². The molecule has 0 radical (unpaired) electrons. The number of hydrogen-bond donors (Lipinski definition) is 0. The zero-order valence-corrected chi connectivity index (χ0v) is 40.5. The molecule has 1 heterocycles. The number of ether oxygens (including phenoxy) is 2. The molecular weight excluding hydrogens is 747 g/mol. The summed E-state index contributed by atoms with van der Waals surface area (Å²) in [5.41, 5.74) is 1.03. The van der Waals surface area contributed by atoms with E-state index in [0.717, 1.165) is 122 Å². The first kappa shape index (κ1) is 56.0. The van der Waals surface area contributed by atoms with Crippen LogP contribution in [0.2, 0.25) is 0 Å². The van der Waals surface area contributed by atoms with Crippen LogP contribution in [0.1, 0.15) is 252 Å². The molecule has 1 aromatic rings. The molecule has 0 aliphatic heterocycles. The van der Waals surface area contributed by atoms with E-state index in [1.54, 1.807) is 0 Å². The third-order valence-corrected chi connectivity index (χ3v) is 12.3. The third kappa shape index (κ3) is 34.6. The van der Waals surface area contributed by atoms with Gasteiger partial charge >= 0.3 is 11.9 Å². The van der Waals surface area contributed by atoms with Gasteiger partial charge in [0.1, 0.15) is 6.10 Å². The summed E-state index contributed by atoms with van der Waals surface area (Å²) in [6.07, 6.45) is 40.7. The van der Waals surface area contributed by atoms with Gasteiger partial charge in [0.25, 0.3) is 0 Å². The van der Waals surface area contributed by atoms with E-state index in [4.69, 9.17) is 9.47 Å². The molecule has 0 aliphatic rings. The van der Waals surface area contributed by atoms with Crippen molar-refractivity contribution in [3.8, 4) is 0 Å². The summed E-state index contributed by atoms with van der Waals surface area (Å²) in [4.78, 5) is 30.2. The topological polar surface area (TPSA) is 89.8 Å². The van der Waals surface area contributed by atoms with Gasteiger partial charge in [0, 0.05) is 32.1 Å². The highest BCUT2D eigenvalue weighted by Gasteiger charge is 2.15. The minimum absolute atomic E-state index is 0.0172. The van der Waals surface area contributed by atoms with Crippen LogP contribution in [0, 0.1) is 0 Å². The van der Waals surface area contributed by atoms with Gasteiger partial charge in [0.15, 0.2) is 0 Å². The summed E-state index contributed by atoms with van der Waals surface area (Å²) in [6.45, 7) is 18.5. The molecule has 0 N–H and O–H groups in total. The Morgan fingerprint density at radius 3 is 1.52 bits per heavy atom. The highest BCUT2D eigenvalue weighted by Crippen LogP contribution is 2.19. The highest BCUT2D eigenvalue weighted by molar-refractivity contribution is 5.69. The number of carbonyl (C=O) groups is 2. The molecule has 1 aromatic heterocycles. The Labute approximate surface area is 371 Å². The second-order valence-electron chi connectivity index (χ2n) is 17.9. The number of hydrogen-bond acceptors (Lipinski definition) is 8. The van der Waals surface area contributed by atoms with Gasteiger partial charge in [-0.1, -0.05) is 181 Å². The Balaban J connectivity index is 2.42. The fourth-order valence-electron chi connectivity index (χ4n) is 8.18. The molecule has 9 nitrogen and oxygen atoms in total. The van der Waals surface area contributed by atoms with Gasteiger partial charge in [-0.15, -0.1) is 5.10 Å². The standard InChI is InChI=1S/C51H99N5O4/c1-6-11-14-17-20-21-22-28-36-45-59-50(57)39-33-29-35-42-55(43-44-56-47-48(52-53-56)46-54(9-4)10-5)41-34-27-23-26-32-40-51(58)60-49(37-30-24-18-15-12-7-2)38-31-25-19-16-13-8-3/h47,49H,6-46H2,1-5H3. The van der Waals surface area contributed by atoms with E-state index in [1.807, 2.05) is 4.68 Å². The first-order valence-corrected chi connectivity index (χ1v) is 26.1. The number of esters is 2. The van der Waals surface area contributed by atoms with Crippen molar-refractivity contribution >= 4 is 11.9 Å². The molecule has 0 aromatic carbocycles. The van der Waals surface area contributed by atoms with E-state index in [0.29, 0.717) is 19.4 Å². The van der Waals surface area contributed by atoms with Gasteiger partial charge < -0.3 is 14.4 Å². The number of aromatic nitrogens is 3. The van der Waals surface area contributed by atoms with Gasteiger partial charge in [-0.05, 0) is 84.0 Å². The van der Waals surface area contributed by atoms with Gasteiger partial charge in [-0.25, -0.2) is 0 Å². The number of unbranched alkanes of at least 4 members (excludes halogenated alkanes) is 24. The molecule has 352 valence electrons. The molecule has 0 unspecified atom stereocenters. The fourth-order valence-corrected chi connectivity index (χ4v) is 8.18. The van der Waals surface area contributed by atoms with E-state index in [2.05, 4.69) is 60.9 Å². The second-order valence-corrected chi connectivity index (χ2v) is 17.9. The average Bonchev–Trinajstić information content (AvgIpc) is 3.71. The Bertz CT molecular complexity index is 1060. The predicted octanol–water partition coefficient (Wildman–Crippen LogP) is 13.8. The van der Waals surface area contributed by atoms with Crippen molar-refractivity contribution in [3.05, 3.63) is 11.9 Å². The molecule has 0 bridgehead atoms. The van der Waals surface area contributed by atoms with Gasteiger partial charge in [-0.2, -0.15) is 0 Å². The van der Waals surface area contributed by atoms with Crippen molar-refractivity contribution in [2.45, 2.75) is 266 Å². The maximum Gasteiger partial charge on any atom is 0.306 e. The summed E-state index contributed by atoms with van der Waals surface area (Å²) < 4.78 is 13.6. The summed E-state index contributed by atoms with van der Waals surface area (Å²) >= 11 is 0. The molecule has 0 atom stereocenters. The van der Waals surface area contributed by atoms with Crippen molar-refractivity contribution in [3.63, 3.8) is 0 Å². The number of rotatable bonds is 46. The molecule has 9 heteroatoms. The van der Waals surface area contributed by atoms with E-state index in [1.165, 1.54) is 128 Å². The van der Waals surface area contributed by atoms with Gasteiger partial charge in [0.05, 0.1) is 18.8 Å². The minimum atomic E-state index is -0.0347. The number of nitrogens with zero attached hydrogens (tertiary/aromatic N) is 5. The van der Waals surface area contributed by atoms with Crippen molar-refractivity contribution in [2.75, 3.05) is 39.3 Å². The Kier molecular flexibility index (Phi) is 39.5. The Hall–Kier alpha value is -2.00. The van der Waals surface area contributed by atoms with Crippen molar-refractivity contribution in [2.24, 2.45) is 0 Å². The van der Waals surface area contributed by atoms with Crippen LogP contribution in [0.4, 0.5) is 0 Å². The summed E-state index contributed by atoms with van der Waals surface area (Å²) in [6, 6.07) is 0. The van der Waals surface area contributed by atoms with Crippen LogP contribution in [-0.2, 0) is 32.2 Å². The lowest BCUT2D eigenvalue weighted by Gasteiger charge is -2.22. The first-order chi connectivity index (χ1) is 29.4.